The first kappa shape index (κ1) is 13.4. The average molecular weight is 225 g/mol. The predicted octanol–water partition coefficient (Wildman–Crippen LogP) is 1.12. The Balaban J connectivity index is 2.22. The van der Waals surface area contributed by atoms with Gasteiger partial charge >= 0.3 is 0 Å². The second-order valence-corrected chi connectivity index (χ2v) is 4.72. The van der Waals surface area contributed by atoms with Gasteiger partial charge in [0.25, 0.3) is 0 Å². The van der Waals surface area contributed by atoms with Crippen molar-refractivity contribution in [1.29, 1.82) is 5.26 Å². The highest BCUT2D eigenvalue weighted by Gasteiger charge is 2.23. The summed E-state index contributed by atoms with van der Waals surface area (Å²) in [5, 5.41) is 8.95. The molecule has 2 N–H and O–H groups in total. The first-order valence-electron chi connectivity index (χ1n) is 6.09. The number of hydrogen-bond donors (Lipinski definition) is 1. The van der Waals surface area contributed by atoms with Crippen molar-refractivity contribution in [3.05, 3.63) is 0 Å². The molecule has 0 aromatic carbocycles. The van der Waals surface area contributed by atoms with Gasteiger partial charge in [0.2, 0.25) is 0 Å². The van der Waals surface area contributed by atoms with E-state index in [0.29, 0.717) is 6.04 Å². The second-order valence-electron chi connectivity index (χ2n) is 4.72. The lowest BCUT2D eigenvalue weighted by Gasteiger charge is -2.25. The summed E-state index contributed by atoms with van der Waals surface area (Å²) in [5.74, 6) is 0. The number of nitrogens with two attached hydrogens (primary N) is 1. The lowest BCUT2D eigenvalue weighted by Crippen LogP contribution is -2.39. The molecule has 16 heavy (non-hydrogen) atoms. The van der Waals surface area contributed by atoms with Gasteiger partial charge in [-0.2, -0.15) is 5.26 Å². The topological polar surface area (TPSA) is 62.3 Å². The van der Waals surface area contributed by atoms with Crippen LogP contribution in [0.3, 0.4) is 0 Å². The summed E-state index contributed by atoms with van der Waals surface area (Å²) in [5.41, 5.74) is 5.30. The smallest absolute Gasteiger partial charge is 0.104 e. The summed E-state index contributed by atoms with van der Waals surface area (Å²) < 4.78 is 5.35. The number of nitriles is 1. The van der Waals surface area contributed by atoms with E-state index in [1.165, 1.54) is 0 Å². The quantitative estimate of drug-likeness (QED) is 0.736. The van der Waals surface area contributed by atoms with E-state index < -0.39 is 5.54 Å². The molecule has 4 nitrogen and oxygen atoms in total. The predicted molar refractivity (Wildman–Crippen MR) is 63.9 cm³/mol. The van der Waals surface area contributed by atoms with Crippen LogP contribution in [0.15, 0.2) is 0 Å². The molecule has 0 aromatic rings. The van der Waals surface area contributed by atoms with Crippen molar-refractivity contribution in [3.8, 4) is 6.07 Å². The van der Waals surface area contributed by atoms with E-state index in [9.17, 15) is 0 Å². The largest absolute Gasteiger partial charge is 0.380 e. The van der Waals surface area contributed by atoms with Crippen molar-refractivity contribution in [2.24, 2.45) is 5.73 Å². The van der Waals surface area contributed by atoms with Crippen LogP contribution >= 0.6 is 0 Å². The van der Waals surface area contributed by atoms with E-state index in [1.807, 2.05) is 6.92 Å². The summed E-state index contributed by atoms with van der Waals surface area (Å²) in [4.78, 5) is 2.32. The van der Waals surface area contributed by atoms with Gasteiger partial charge in [-0.25, -0.2) is 0 Å². The first-order valence-corrected chi connectivity index (χ1v) is 6.09. The molecule has 1 heterocycles. The minimum atomic E-state index is -0.632. The molecule has 0 saturated carbocycles. The molecule has 4 heteroatoms. The Labute approximate surface area is 98.4 Å². The Bertz CT molecular complexity index is 245. The third-order valence-electron chi connectivity index (χ3n) is 3.52. The van der Waals surface area contributed by atoms with Crippen molar-refractivity contribution in [3.63, 3.8) is 0 Å². The molecule has 1 aliphatic heterocycles. The second kappa shape index (κ2) is 6.19. The molecule has 2 unspecified atom stereocenters. The van der Waals surface area contributed by atoms with Gasteiger partial charge in [-0.15, -0.1) is 0 Å². The Morgan fingerprint density at radius 3 is 2.88 bits per heavy atom. The highest BCUT2D eigenvalue weighted by Crippen LogP contribution is 2.15. The highest BCUT2D eigenvalue weighted by molar-refractivity contribution is 5.03. The molecule has 1 aliphatic rings. The zero-order valence-corrected chi connectivity index (χ0v) is 10.4. The number of hydrogen-bond acceptors (Lipinski definition) is 4. The molecule has 0 bridgehead atoms. The number of nitrogens with zero attached hydrogens (tertiary/aromatic N) is 2. The van der Waals surface area contributed by atoms with Crippen molar-refractivity contribution in [1.82, 2.24) is 4.90 Å². The molecule has 0 spiro atoms. The van der Waals surface area contributed by atoms with E-state index >= 15 is 0 Å². The fourth-order valence-electron chi connectivity index (χ4n) is 2.01. The van der Waals surface area contributed by atoms with Gasteiger partial charge in [0.15, 0.2) is 0 Å². The third kappa shape index (κ3) is 3.75. The molecule has 1 rings (SSSR count). The molecular formula is C12H23N3O. The number of likely N-dealkylation sites (N-methyl/N-ethyl adjacent to an activating group) is 1. The molecule has 0 aliphatic carbocycles. The third-order valence-corrected chi connectivity index (χ3v) is 3.52. The minimum absolute atomic E-state index is 0.552. The molecule has 2 atom stereocenters. The van der Waals surface area contributed by atoms with Crippen molar-refractivity contribution in [2.45, 2.75) is 44.2 Å². The van der Waals surface area contributed by atoms with Crippen molar-refractivity contribution in [2.75, 3.05) is 26.8 Å². The maximum absolute atomic E-state index is 8.95. The fraction of sp³-hybridized carbons (Fsp3) is 0.917. The fourth-order valence-corrected chi connectivity index (χ4v) is 2.01. The Morgan fingerprint density at radius 2 is 2.38 bits per heavy atom. The van der Waals surface area contributed by atoms with Gasteiger partial charge in [-0.05, 0) is 39.3 Å². The lowest BCUT2D eigenvalue weighted by molar-refractivity contribution is 0.157. The zero-order chi connectivity index (χ0) is 12.0. The molecule has 0 amide bonds. The molecule has 0 radical (unpaired) electrons. The van der Waals surface area contributed by atoms with Crippen LogP contribution in [-0.4, -0.2) is 43.3 Å². The summed E-state index contributed by atoms with van der Waals surface area (Å²) >= 11 is 0. The zero-order valence-electron chi connectivity index (χ0n) is 10.4. The van der Waals surface area contributed by atoms with E-state index in [1.54, 1.807) is 0 Å². The Morgan fingerprint density at radius 1 is 1.62 bits per heavy atom. The summed E-state index contributed by atoms with van der Waals surface area (Å²) in [6.07, 6.45) is 3.60. The summed E-state index contributed by atoms with van der Waals surface area (Å²) in [7, 11) is 2.12. The van der Waals surface area contributed by atoms with Gasteiger partial charge in [0.1, 0.15) is 5.54 Å². The van der Waals surface area contributed by atoms with Crippen LogP contribution < -0.4 is 5.73 Å². The average Bonchev–Trinajstić information content (AvgIpc) is 2.82. The van der Waals surface area contributed by atoms with Crippen LogP contribution in [-0.2, 0) is 4.74 Å². The van der Waals surface area contributed by atoms with Crippen LogP contribution in [0.25, 0.3) is 0 Å². The Hall–Kier alpha value is -0.630. The number of rotatable bonds is 6. The molecule has 1 saturated heterocycles. The monoisotopic (exact) mass is 225 g/mol. The van der Waals surface area contributed by atoms with Gasteiger partial charge in [0.05, 0.1) is 12.7 Å². The normalized spacial score (nSPS) is 24.3. The Kier molecular flexibility index (Phi) is 5.20. The number of ether oxygens (including phenoxy) is 1. The highest BCUT2D eigenvalue weighted by atomic mass is 16.5. The van der Waals surface area contributed by atoms with Crippen LogP contribution in [0, 0.1) is 11.3 Å². The summed E-state index contributed by atoms with van der Waals surface area (Å²) in [6.45, 7) is 4.69. The van der Waals surface area contributed by atoms with E-state index in [0.717, 1.165) is 45.4 Å². The molecule has 0 aromatic heterocycles. The van der Waals surface area contributed by atoms with E-state index in [2.05, 4.69) is 18.0 Å². The van der Waals surface area contributed by atoms with E-state index in [-0.39, 0.29) is 0 Å². The maximum Gasteiger partial charge on any atom is 0.104 e. The van der Waals surface area contributed by atoms with Gasteiger partial charge in [-0.3, -0.25) is 0 Å². The first-order chi connectivity index (χ1) is 7.61. The maximum atomic E-state index is 8.95. The van der Waals surface area contributed by atoms with Gasteiger partial charge in [0, 0.05) is 12.6 Å². The van der Waals surface area contributed by atoms with Crippen LogP contribution in [0.5, 0.6) is 0 Å². The minimum Gasteiger partial charge on any atom is -0.380 e. The van der Waals surface area contributed by atoms with E-state index in [4.69, 9.17) is 15.7 Å². The SMILES string of the molecule is CCC(N)(C#N)CCCN(C)C1CCOC1. The van der Waals surface area contributed by atoms with Crippen LogP contribution in [0.2, 0.25) is 0 Å². The standard InChI is InChI=1S/C12H23N3O/c1-3-12(14,10-13)6-4-7-15(2)11-5-8-16-9-11/h11H,3-9,14H2,1-2H3. The van der Waals surface area contributed by atoms with Crippen LogP contribution in [0.1, 0.15) is 32.6 Å². The molecule has 1 fully saturated rings. The van der Waals surface area contributed by atoms with Crippen LogP contribution in [0.4, 0.5) is 0 Å². The van der Waals surface area contributed by atoms with Gasteiger partial charge < -0.3 is 15.4 Å². The lowest BCUT2D eigenvalue weighted by atomic mass is 9.93. The molecular weight excluding hydrogens is 202 g/mol. The van der Waals surface area contributed by atoms with Gasteiger partial charge in [-0.1, -0.05) is 6.92 Å². The summed E-state index contributed by atoms with van der Waals surface area (Å²) in [6, 6.07) is 2.76. The van der Waals surface area contributed by atoms with Crippen molar-refractivity contribution < 1.29 is 4.74 Å². The van der Waals surface area contributed by atoms with Crippen molar-refractivity contribution >= 4 is 0 Å². The molecule has 92 valence electrons.